The van der Waals surface area contributed by atoms with E-state index in [1.807, 2.05) is 29.2 Å². The Morgan fingerprint density at radius 1 is 1.36 bits per heavy atom. The molecular weight excluding hydrogens is 389 g/mol. The van der Waals surface area contributed by atoms with Crippen molar-refractivity contribution in [1.29, 1.82) is 0 Å². The van der Waals surface area contributed by atoms with Crippen LogP contribution in [0.4, 0.5) is 0 Å². The summed E-state index contributed by atoms with van der Waals surface area (Å²) >= 11 is 0. The van der Waals surface area contributed by atoms with Crippen molar-refractivity contribution >= 4 is 29.9 Å². The molecule has 1 aromatic carbocycles. The predicted molar refractivity (Wildman–Crippen MR) is 102 cm³/mol. The molecule has 0 spiro atoms. The Kier molecular flexibility index (Phi) is 7.94. The fraction of sp³-hybridized carbons (Fsp3) is 0.375. The minimum atomic E-state index is 0. The summed E-state index contributed by atoms with van der Waals surface area (Å²) in [7, 11) is 1.79. The van der Waals surface area contributed by atoms with Gasteiger partial charge in [0.25, 0.3) is 0 Å². The van der Waals surface area contributed by atoms with Gasteiger partial charge in [0.05, 0.1) is 12.0 Å². The van der Waals surface area contributed by atoms with E-state index < -0.39 is 0 Å². The lowest BCUT2D eigenvalue weighted by Gasteiger charge is -2.17. The van der Waals surface area contributed by atoms with Gasteiger partial charge in [-0.25, -0.2) is 4.98 Å². The molecule has 0 saturated heterocycles. The number of nitrogens with one attached hydrogen (secondary N) is 2. The molecule has 2 rings (SSSR count). The molecule has 0 aliphatic heterocycles. The van der Waals surface area contributed by atoms with E-state index in [-0.39, 0.29) is 24.0 Å². The third-order valence-corrected chi connectivity index (χ3v) is 3.44. The summed E-state index contributed by atoms with van der Waals surface area (Å²) in [6.07, 6.45) is 6.61. The first-order valence-electron chi connectivity index (χ1n) is 7.28. The van der Waals surface area contributed by atoms with Crippen LogP contribution in [0.5, 0.6) is 0 Å². The Balaban J connectivity index is 0.00000242. The van der Waals surface area contributed by atoms with Gasteiger partial charge in [-0.1, -0.05) is 25.1 Å². The summed E-state index contributed by atoms with van der Waals surface area (Å²) in [5.74, 6) is 0.824. The van der Waals surface area contributed by atoms with Crippen LogP contribution >= 0.6 is 24.0 Å². The minimum Gasteiger partial charge on any atom is -0.354 e. The quantitative estimate of drug-likeness (QED) is 0.450. The lowest BCUT2D eigenvalue weighted by Crippen LogP contribution is -2.41. The van der Waals surface area contributed by atoms with E-state index in [1.165, 1.54) is 5.56 Å². The van der Waals surface area contributed by atoms with E-state index in [0.29, 0.717) is 12.6 Å². The molecule has 0 fully saturated rings. The fourth-order valence-corrected chi connectivity index (χ4v) is 2.02. The van der Waals surface area contributed by atoms with Crippen LogP contribution in [0, 0.1) is 0 Å². The van der Waals surface area contributed by atoms with Gasteiger partial charge in [-0.2, -0.15) is 0 Å². The highest BCUT2D eigenvalue weighted by Gasteiger charge is 2.06. The first-order chi connectivity index (χ1) is 10.2. The highest BCUT2D eigenvalue weighted by Crippen LogP contribution is 2.13. The maximum atomic E-state index is 4.26. The number of rotatable bonds is 5. The van der Waals surface area contributed by atoms with Crippen LogP contribution in [0.2, 0.25) is 0 Å². The van der Waals surface area contributed by atoms with Crippen LogP contribution < -0.4 is 10.6 Å². The zero-order valence-corrected chi connectivity index (χ0v) is 15.6. The molecule has 0 radical (unpaired) electrons. The summed E-state index contributed by atoms with van der Waals surface area (Å²) in [6, 6.07) is 8.68. The Bertz CT molecular complexity index is 580. The highest BCUT2D eigenvalue weighted by atomic mass is 127. The number of aliphatic imine (C=N–C) groups is 1. The Hall–Kier alpha value is -1.57. The summed E-state index contributed by atoms with van der Waals surface area (Å²) in [5, 5.41) is 6.72. The predicted octanol–water partition coefficient (Wildman–Crippen LogP) is 2.95. The highest BCUT2D eigenvalue weighted by molar-refractivity contribution is 14.0. The molecule has 0 bridgehead atoms. The van der Waals surface area contributed by atoms with E-state index in [4.69, 9.17) is 0 Å². The first kappa shape index (κ1) is 18.5. The van der Waals surface area contributed by atoms with Gasteiger partial charge in [0, 0.05) is 32.0 Å². The van der Waals surface area contributed by atoms with E-state index in [1.54, 1.807) is 13.2 Å². The van der Waals surface area contributed by atoms with Gasteiger partial charge in [-0.05, 0) is 25.0 Å². The van der Waals surface area contributed by atoms with E-state index in [9.17, 15) is 0 Å². The zero-order valence-electron chi connectivity index (χ0n) is 13.3. The number of hydrogen-bond acceptors (Lipinski definition) is 2. The fourth-order valence-electron chi connectivity index (χ4n) is 2.02. The number of guanidine groups is 1. The van der Waals surface area contributed by atoms with Gasteiger partial charge in [0.15, 0.2) is 5.96 Å². The summed E-state index contributed by atoms with van der Waals surface area (Å²) < 4.78 is 2.02. The number of hydrogen-bond donors (Lipinski definition) is 2. The maximum Gasteiger partial charge on any atom is 0.191 e. The van der Waals surface area contributed by atoms with Crippen molar-refractivity contribution in [2.24, 2.45) is 4.99 Å². The average molecular weight is 413 g/mol. The molecule has 1 heterocycles. The van der Waals surface area contributed by atoms with Crippen molar-refractivity contribution in [3.8, 4) is 5.69 Å². The molecular formula is C16H24IN5. The van der Waals surface area contributed by atoms with Gasteiger partial charge >= 0.3 is 0 Å². The molecule has 1 aromatic heterocycles. The topological polar surface area (TPSA) is 54.2 Å². The summed E-state index contributed by atoms with van der Waals surface area (Å²) in [6.45, 7) is 5.01. The van der Waals surface area contributed by atoms with Crippen LogP contribution in [0.15, 0.2) is 48.0 Å². The van der Waals surface area contributed by atoms with Gasteiger partial charge in [0.2, 0.25) is 0 Å². The van der Waals surface area contributed by atoms with Crippen molar-refractivity contribution in [1.82, 2.24) is 20.2 Å². The minimum absolute atomic E-state index is 0. The Morgan fingerprint density at radius 3 is 2.77 bits per heavy atom. The third-order valence-electron chi connectivity index (χ3n) is 3.44. The second kappa shape index (κ2) is 9.45. The molecule has 2 N–H and O–H groups in total. The van der Waals surface area contributed by atoms with Gasteiger partial charge < -0.3 is 15.2 Å². The van der Waals surface area contributed by atoms with Crippen LogP contribution in [0.1, 0.15) is 25.8 Å². The lowest BCUT2D eigenvalue weighted by molar-refractivity contribution is 0.624. The molecule has 0 saturated carbocycles. The molecule has 0 aliphatic rings. The van der Waals surface area contributed by atoms with Crippen LogP contribution in [-0.2, 0) is 6.54 Å². The smallest absolute Gasteiger partial charge is 0.191 e. The van der Waals surface area contributed by atoms with Gasteiger partial charge in [-0.3, -0.25) is 4.99 Å². The Morgan fingerprint density at radius 2 is 2.14 bits per heavy atom. The molecule has 120 valence electrons. The van der Waals surface area contributed by atoms with E-state index in [2.05, 4.69) is 46.6 Å². The number of aromatic nitrogens is 2. The SMILES string of the molecule is CCC(C)NC(=NC)NCc1ccccc1-n1ccnc1.I. The van der Waals surface area contributed by atoms with Crippen molar-refractivity contribution < 1.29 is 0 Å². The third kappa shape index (κ3) is 5.01. The first-order valence-corrected chi connectivity index (χ1v) is 7.28. The van der Waals surface area contributed by atoms with Crippen molar-refractivity contribution in [3.63, 3.8) is 0 Å². The van der Waals surface area contributed by atoms with Crippen LogP contribution in [-0.4, -0.2) is 28.6 Å². The van der Waals surface area contributed by atoms with Crippen molar-refractivity contribution in [2.45, 2.75) is 32.9 Å². The molecule has 2 aromatic rings. The Labute approximate surface area is 149 Å². The number of nitrogens with zero attached hydrogens (tertiary/aromatic N) is 3. The standard InChI is InChI=1S/C16H23N5.HI/c1-4-13(2)20-16(17-3)19-11-14-7-5-6-8-15(14)21-10-9-18-12-21;/h5-10,12-13H,4,11H2,1-3H3,(H2,17,19,20);1H. The summed E-state index contributed by atoms with van der Waals surface area (Å²) in [4.78, 5) is 8.37. The van der Waals surface area contributed by atoms with E-state index in [0.717, 1.165) is 18.1 Å². The molecule has 1 unspecified atom stereocenters. The second-order valence-corrected chi connectivity index (χ2v) is 4.98. The summed E-state index contributed by atoms with van der Waals surface area (Å²) in [5.41, 5.74) is 2.32. The van der Waals surface area contributed by atoms with Crippen LogP contribution in [0.3, 0.4) is 0 Å². The van der Waals surface area contributed by atoms with Crippen molar-refractivity contribution in [3.05, 3.63) is 48.5 Å². The van der Waals surface area contributed by atoms with E-state index >= 15 is 0 Å². The number of benzene rings is 1. The monoisotopic (exact) mass is 413 g/mol. The maximum absolute atomic E-state index is 4.26. The zero-order chi connectivity index (χ0) is 15.1. The normalized spacial score (nSPS) is 12.4. The molecule has 0 aliphatic carbocycles. The average Bonchev–Trinajstić information content (AvgIpc) is 3.05. The second-order valence-electron chi connectivity index (χ2n) is 4.98. The number of halogens is 1. The molecule has 0 amide bonds. The largest absolute Gasteiger partial charge is 0.354 e. The number of para-hydroxylation sites is 1. The molecule has 1 atom stereocenters. The van der Waals surface area contributed by atoms with Gasteiger partial charge in [-0.15, -0.1) is 24.0 Å². The lowest BCUT2D eigenvalue weighted by atomic mass is 10.1. The molecule has 5 nitrogen and oxygen atoms in total. The van der Waals surface area contributed by atoms with Crippen molar-refractivity contribution in [2.75, 3.05) is 7.05 Å². The van der Waals surface area contributed by atoms with Crippen LogP contribution in [0.25, 0.3) is 5.69 Å². The number of imidazole rings is 1. The molecule has 6 heteroatoms. The van der Waals surface area contributed by atoms with Gasteiger partial charge in [0.1, 0.15) is 0 Å². The molecule has 22 heavy (non-hydrogen) atoms.